The van der Waals surface area contributed by atoms with Gasteiger partial charge in [0.05, 0.1) is 12.0 Å². The van der Waals surface area contributed by atoms with Crippen molar-refractivity contribution in [3.8, 4) is 5.88 Å². The van der Waals surface area contributed by atoms with E-state index in [-0.39, 0.29) is 12.0 Å². The number of benzene rings is 1. The van der Waals surface area contributed by atoms with Crippen LogP contribution in [0, 0.1) is 0 Å². The fourth-order valence-electron chi connectivity index (χ4n) is 4.20. The summed E-state index contributed by atoms with van der Waals surface area (Å²) in [4.78, 5) is 23.4. The van der Waals surface area contributed by atoms with Crippen molar-refractivity contribution in [2.75, 3.05) is 13.1 Å². The van der Waals surface area contributed by atoms with Crippen molar-refractivity contribution in [2.45, 2.75) is 43.6 Å². The number of carbonyl (C=O) groups is 1. The predicted molar refractivity (Wildman–Crippen MR) is 99.2 cm³/mol. The molecule has 1 aromatic heterocycles. The van der Waals surface area contributed by atoms with Crippen LogP contribution in [0.25, 0.3) is 0 Å². The Bertz CT molecular complexity index is 760. The molecular formula is C20H22ClN3O2. The molecule has 0 unspecified atom stereocenters. The second-order valence-corrected chi connectivity index (χ2v) is 7.56. The topological polar surface area (TPSA) is 55.3 Å². The number of hydrogen-bond acceptors (Lipinski definition) is 4. The Kier molecular flexibility index (Phi) is 4.81. The maximum absolute atomic E-state index is 13.5. The third-order valence-electron chi connectivity index (χ3n) is 5.54. The van der Waals surface area contributed by atoms with E-state index in [4.69, 9.17) is 16.3 Å². The van der Waals surface area contributed by atoms with Gasteiger partial charge in [0.2, 0.25) is 11.8 Å². The first-order chi connectivity index (χ1) is 12.7. The van der Waals surface area contributed by atoms with Crippen LogP contribution in [0.5, 0.6) is 5.88 Å². The van der Waals surface area contributed by atoms with Gasteiger partial charge in [-0.2, -0.15) is 0 Å². The highest BCUT2D eigenvalue weighted by atomic mass is 35.5. The van der Waals surface area contributed by atoms with Crippen molar-refractivity contribution in [1.82, 2.24) is 14.9 Å². The van der Waals surface area contributed by atoms with Crippen molar-refractivity contribution in [1.29, 1.82) is 0 Å². The predicted octanol–water partition coefficient (Wildman–Crippen LogP) is 3.62. The van der Waals surface area contributed by atoms with Crippen LogP contribution in [0.2, 0.25) is 5.02 Å². The Morgan fingerprint density at radius 1 is 1.19 bits per heavy atom. The number of nitrogens with zero attached hydrogens (tertiary/aromatic N) is 3. The third-order valence-corrected chi connectivity index (χ3v) is 5.79. The Balaban J connectivity index is 1.49. The average molecular weight is 372 g/mol. The molecule has 5 nitrogen and oxygen atoms in total. The average Bonchev–Trinajstić information content (AvgIpc) is 3.33. The molecule has 2 aromatic rings. The molecular weight excluding hydrogens is 350 g/mol. The molecule has 1 atom stereocenters. The van der Waals surface area contributed by atoms with Crippen LogP contribution in [0.15, 0.2) is 42.9 Å². The largest absolute Gasteiger partial charge is 0.472 e. The lowest BCUT2D eigenvalue weighted by Gasteiger charge is -2.33. The van der Waals surface area contributed by atoms with E-state index in [1.807, 2.05) is 29.2 Å². The van der Waals surface area contributed by atoms with E-state index in [0.717, 1.165) is 44.2 Å². The van der Waals surface area contributed by atoms with Crippen LogP contribution in [0.4, 0.5) is 0 Å². The first kappa shape index (κ1) is 17.3. The maximum Gasteiger partial charge on any atom is 0.233 e. The first-order valence-electron chi connectivity index (χ1n) is 9.15. The summed E-state index contributed by atoms with van der Waals surface area (Å²) < 4.78 is 5.91. The zero-order valence-electron chi connectivity index (χ0n) is 14.6. The highest BCUT2D eigenvalue weighted by Crippen LogP contribution is 2.43. The third kappa shape index (κ3) is 3.28. The number of aromatic nitrogens is 2. The van der Waals surface area contributed by atoms with Gasteiger partial charge in [0.1, 0.15) is 12.4 Å². The number of halogens is 1. The summed E-state index contributed by atoms with van der Waals surface area (Å²) in [5.74, 6) is 0.790. The molecule has 0 spiro atoms. The van der Waals surface area contributed by atoms with Gasteiger partial charge in [0.25, 0.3) is 0 Å². The second-order valence-electron chi connectivity index (χ2n) is 7.12. The summed E-state index contributed by atoms with van der Waals surface area (Å²) in [7, 11) is 0. The zero-order chi connectivity index (χ0) is 18.0. The minimum Gasteiger partial charge on any atom is -0.472 e. The first-order valence-corrected chi connectivity index (χ1v) is 9.53. The molecule has 6 heteroatoms. The molecule has 1 aliphatic heterocycles. The molecule has 1 saturated heterocycles. The van der Waals surface area contributed by atoms with E-state index < -0.39 is 5.41 Å². The highest BCUT2D eigenvalue weighted by molar-refractivity contribution is 6.30. The van der Waals surface area contributed by atoms with Gasteiger partial charge in [0, 0.05) is 30.3 Å². The smallest absolute Gasteiger partial charge is 0.233 e. The van der Waals surface area contributed by atoms with E-state index in [2.05, 4.69) is 9.97 Å². The molecule has 0 N–H and O–H groups in total. The number of carbonyl (C=O) groups excluding carboxylic acids is 1. The van der Waals surface area contributed by atoms with Crippen molar-refractivity contribution in [2.24, 2.45) is 0 Å². The van der Waals surface area contributed by atoms with Gasteiger partial charge in [0.15, 0.2) is 0 Å². The van der Waals surface area contributed by atoms with Gasteiger partial charge in [-0.15, -0.1) is 0 Å². The van der Waals surface area contributed by atoms with Gasteiger partial charge in [-0.05, 0) is 30.5 Å². The molecule has 26 heavy (non-hydrogen) atoms. The van der Waals surface area contributed by atoms with Crippen molar-refractivity contribution >= 4 is 17.5 Å². The number of likely N-dealkylation sites (tertiary alicyclic amines) is 1. The SMILES string of the molecule is O=C(N1CC[C@H](Oc2ccncn2)C1)C1(c2ccc(Cl)cc2)CCCC1. The molecule has 1 aliphatic carbocycles. The minimum atomic E-state index is -0.408. The van der Waals surface area contributed by atoms with Gasteiger partial charge in [-0.25, -0.2) is 9.97 Å². The minimum absolute atomic E-state index is 0.0162. The molecule has 2 heterocycles. The molecule has 4 rings (SSSR count). The zero-order valence-corrected chi connectivity index (χ0v) is 15.4. The number of rotatable bonds is 4. The molecule has 2 fully saturated rings. The molecule has 0 radical (unpaired) electrons. The molecule has 0 bridgehead atoms. The normalized spacial score (nSPS) is 21.7. The van der Waals surface area contributed by atoms with E-state index in [1.165, 1.54) is 6.33 Å². The highest BCUT2D eigenvalue weighted by Gasteiger charge is 2.46. The summed E-state index contributed by atoms with van der Waals surface area (Å²) in [6.07, 6.45) is 7.93. The lowest BCUT2D eigenvalue weighted by Crippen LogP contribution is -2.45. The lowest BCUT2D eigenvalue weighted by atomic mass is 9.77. The van der Waals surface area contributed by atoms with Crippen LogP contribution in [0.1, 0.15) is 37.7 Å². The number of amides is 1. The summed E-state index contributed by atoms with van der Waals surface area (Å²) >= 11 is 6.04. The van der Waals surface area contributed by atoms with E-state index >= 15 is 0 Å². The fourth-order valence-corrected chi connectivity index (χ4v) is 4.33. The van der Waals surface area contributed by atoms with Gasteiger partial charge in [-0.3, -0.25) is 4.79 Å². The Morgan fingerprint density at radius 2 is 1.96 bits per heavy atom. The van der Waals surface area contributed by atoms with Crippen molar-refractivity contribution in [3.05, 3.63) is 53.4 Å². The maximum atomic E-state index is 13.5. The monoisotopic (exact) mass is 371 g/mol. The van der Waals surface area contributed by atoms with Gasteiger partial charge < -0.3 is 9.64 Å². The van der Waals surface area contributed by atoms with Crippen molar-refractivity contribution in [3.63, 3.8) is 0 Å². The van der Waals surface area contributed by atoms with Crippen LogP contribution >= 0.6 is 11.6 Å². The summed E-state index contributed by atoms with van der Waals surface area (Å²) in [6.45, 7) is 1.34. The molecule has 1 saturated carbocycles. The quantitative estimate of drug-likeness (QED) is 0.823. The second kappa shape index (κ2) is 7.23. The number of hydrogen-bond donors (Lipinski definition) is 0. The number of ether oxygens (including phenoxy) is 1. The summed E-state index contributed by atoms with van der Waals surface area (Å²) in [5.41, 5.74) is 0.679. The molecule has 1 amide bonds. The van der Waals surface area contributed by atoms with Crippen LogP contribution < -0.4 is 4.74 Å². The van der Waals surface area contributed by atoms with Crippen molar-refractivity contribution < 1.29 is 9.53 Å². The van der Waals surface area contributed by atoms with Gasteiger partial charge in [-0.1, -0.05) is 36.6 Å². The fraction of sp³-hybridized carbons (Fsp3) is 0.450. The van der Waals surface area contributed by atoms with E-state index in [9.17, 15) is 4.79 Å². The lowest BCUT2D eigenvalue weighted by molar-refractivity contribution is -0.136. The Labute approximate surface area is 158 Å². The van der Waals surface area contributed by atoms with Crippen LogP contribution in [-0.4, -0.2) is 40.0 Å². The van der Waals surface area contributed by atoms with Crippen LogP contribution in [0.3, 0.4) is 0 Å². The standard InChI is InChI=1S/C20H22ClN3O2/c21-16-5-3-15(4-6-16)20(9-1-2-10-20)19(25)24-12-8-17(13-24)26-18-7-11-22-14-23-18/h3-7,11,14,17H,1-2,8-10,12-13H2/t17-/m0/s1. The Morgan fingerprint density at radius 3 is 2.65 bits per heavy atom. The summed E-state index contributed by atoms with van der Waals surface area (Å²) in [6, 6.07) is 9.54. The Hall–Kier alpha value is -2.14. The molecule has 136 valence electrons. The molecule has 1 aromatic carbocycles. The van der Waals surface area contributed by atoms with Gasteiger partial charge >= 0.3 is 0 Å². The van der Waals surface area contributed by atoms with E-state index in [1.54, 1.807) is 12.3 Å². The van der Waals surface area contributed by atoms with Crippen LogP contribution in [-0.2, 0) is 10.2 Å². The van der Waals surface area contributed by atoms with E-state index in [0.29, 0.717) is 17.4 Å². The summed E-state index contributed by atoms with van der Waals surface area (Å²) in [5, 5.41) is 0.703. The molecule has 2 aliphatic rings.